The van der Waals surface area contributed by atoms with Crippen molar-refractivity contribution in [3.05, 3.63) is 253 Å². The number of rotatable bonds is 8. The molecule has 0 aliphatic heterocycles. The van der Waals surface area contributed by atoms with Gasteiger partial charge >= 0.3 is 0 Å². The minimum atomic E-state index is -0.335. The Morgan fingerprint density at radius 1 is 0.456 bits per heavy atom. The zero-order chi connectivity index (χ0) is 45.2. The monoisotopic (exact) mass is 872 g/mol. The Balaban J connectivity index is 1.05. The third kappa shape index (κ3) is 6.31. The molecule has 1 atom stereocenters. The van der Waals surface area contributed by atoms with Crippen LogP contribution in [0.5, 0.6) is 0 Å². The van der Waals surface area contributed by atoms with Gasteiger partial charge in [0, 0.05) is 44.3 Å². The van der Waals surface area contributed by atoms with Gasteiger partial charge in [-0.05, 0) is 118 Å². The SMILES string of the molecule is CC1(c2ccccc2)c2ccccc2-c2c(N(c3ccc(-c4cccc5c6ccccc6n(-c6ccccc6)c45)cc3)c3ccccc3-c3cccc4cccc(C5CCCCC5)c34)cccc21. The standard InChI is InChI=1S/C66H52N2/c1-66(48-25-7-3-8-26-48)58-36-14-11-31-57(58)64-59(66)37-20-40-62(64)67(60-38-15-12-29-53(60)55-34-18-24-47-23-17-32-51(63(47)55)45-21-5-2-6-22-45)50-43-41-46(42-44-50)52-33-19-35-56-54-30-13-16-39-61(54)68(65(52)56)49-27-9-4-10-28-49/h3-4,7-20,23-45H,2,5-6,21-22H2,1H3. The molecule has 0 radical (unpaired) electrons. The van der Waals surface area contributed by atoms with Crippen molar-refractivity contribution in [1.82, 2.24) is 4.57 Å². The Labute approximate surface area is 399 Å². The number of nitrogens with zero attached hydrogens (tertiary/aromatic N) is 2. The van der Waals surface area contributed by atoms with Crippen molar-refractivity contribution >= 4 is 49.6 Å². The van der Waals surface area contributed by atoms with E-state index in [0.29, 0.717) is 5.92 Å². The van der Waals surface area contributed by atoms with Gasteiger partial charge < -0.3 is 9.47 Å². The quantitative estimate of drug-likeness (QED) is 0.148. The molecule has 0 N–H and O–H groups in total. The first-order valence-electron chi connectivity index (χ1n) is 24.5. The van der Waals surface area contributed by atoms with E-state index in [2.05, 4.69) is 247 Å². The summed E-state index contributed by atoms with van der Waals surface area (Å²) in [5, 5.41) is 5.22. The minimum absolute atomic E-state index is 0.335. The van der Waals surface area contributed by atoms with Crippen molar-refractivity contribution in [1.29, 1.82) is 0 Å². The molecule has 1 unspecified atom stereocenters. The molecule has 2 heteroatoms. The molecule has 2 aliphatic carbocycles. The summed E-state index contributed by atoms with van der Waals surface area (Å²) in [6, 6.07) is 86.1. The highest BCUT2D eigenvalue weighted by atomic mass is 15.1. The third-order valence-corrected chi connectivity index (χ3v) is 15.5. The number of aromatic nitrogens is 1. The highest BCUT2D eigenvalue weighted by molar-refractivity contribution is 6.14. The number of para-hydroxylation sites is 4. The summed E-state index contributed by atoms with van der Waals surface area (Å²) in [4.78, 5) is 2.56. The predicted octanol–water partition coefficient (Wildman–Crippen LogP) is 18.1. The fourth-order valence-corrected chi connectivity index (χ4v) is 12.3. The maximum atomic E-state index is 2.56. The lowest BCUT2D eigenvalue weighted by Crippen LogP contribution is -2.22. The molecule has 2 aliphatic rings. The Morgan fingerprint density at radius 3 is 1.88 bits per heavy atom. The molecule has 1 aromatic heterocycles. The Kier molecular flexibility index (Phi) is 9.75. The largest absolute Gasteiger partial charge is 0.309 e. The molecule has 0 bridgehead atoms. The van der Waals surface area contributed by atoms with Gasteiger partial charge in [0.1, 0.15) is 0 Å². The second-order valence-corrected chi connectivity index (χ2v) is 19.1. The van der Waals surface area contributed by atoms with Gasteiger partial charge in [-0.2, -0.15) is 0 Å². The van der Waals surface area contributed by atoms with E-state index in [1.54, 1.807) is 0 Å². The lowest BCUT2D eigenvalue weighted by Gasteiger charge is -2.32. The molecule has 2 nitrogen and oxygen atoms in total. The molecule has 10 aromatic carbocycles. The van der Waals surface area contributed by atoms with Crippen LogP contribution in [-0.2, 0) is 5.41 Å². The van der Waals surface area contributed by atoms with E-state index >= 15 is 0 Å². The smallest absolute Gasteiger partial charge is 0.0619 e. The van der Waals surface area contributed by atoms with Gasteiger partial charge in [-0.15, -0.1) is 0 Å². The fraction of sp³-hybridized carbons (Fsp3) is 0.121. The van der Waals surface area contributed by atoms with E-state index in [9.17, 15) is 0 Å². The summed E-state index contributed by atoms with van der Waals surface area (Å²) in [5.41, 5.74) is 19.7. The van der Waals surface area contributed by atoms with Gasteiger partial charge in [-0.3, -0.25) is 0 Å². The summed E-state index contributed by atoms with van der Waals surface area (Å²) >= 11 is 0. The van der Waals surface area contributed by atoms with Crippen LogP contribution in [0, 0.1) is 0 Å². The van der Waals surface area contributed by atoms with Gasteiger partial charge in [-0.1, -0.05) is 207 Å². The number of benzene rings is 10. The van der Waals surface area contributed by atoms with E-state index in [-0.39, 0.29) is 5.41 Å². The molecule has 326 valence electrons. The summed E-state index contributed by atoms with van der Waals surface area (Å²) < 4.78 is 2.44. The average Bonchev–Trinajstić information content (AvgIpc) is 3.90. The van der Waals surface area contributed by atoms with Crippen molar-refractivity contribution in [2.24, 2.45) is 0 Å². The van der Waals surface area contributed by atoms with Crippen LogP contribution in [-0.4, -0.2) is 4.57 Å². The molecule has 11 aromatic rings. The average molecular weight is 873 g/mol. The van der Waals surface area contributed by atoms with Crippen LogP contribution in [0.15, 0.2) is 231 Å². The molecule has 1 fully saturated rings. The molecule has 1 heterocycles. The predicted molar refractivity (Wildman–Crippen MR) is 287 cm³/mol. The van der Waals surface area contributed by atoms with Crippen LogP contribution in [0.2, 0.25) is 0 Å². The van der Waals surface area contributed by atoms with Crippen molar-refractivity contribution < 1.29 is 0 Å². The number of anilines is 3. The highest BCUT2D eigenvalue weighted by Crippen LogP contribution is 2.57. The Hall–Kier alpha value is -7.94. The highest BCUT2D eigenvalue weighted by Gasteiger charge is 2.42. The molecule has 0 amide bonds. The van der Waals surface area contributed by atoms with E-state index in [1.165, 1.54) is 126 Å². The zero-order valence-corrected chi connectivity index (χ0v) is 38.4. The fourth-order valence-electron chi connectivity index (χ4n) is 12.3. The molecule has 0 spiro atoms. The second kappa shape index (κ2) is 16.4. The summed E-state index contributed by atoms with van der Waals surface area (Å²) in [5.74, 6) is 0.569. The van der Waals surface area contributed by atoms with E-state index < -0.39 is 0 Å². The molecule has 0 saturated heterocycles. The van der Waals surface area contributed by atoms with Gasteiger partial charge in [0.15, 0.2) is 0 Å². The molecule has 1 saturated carbocycles. The van der Waals surface area contributed by atoms with E-state index in [0.717, 1.165) is 17.1 Å². The van der Waals surface area contributed by atoms with Crippen molar-refractivity contribution in [3.63, 3.8) is 0 Å². The minimum Gasteiger partial charge on any atom is -0.309 e. The number of fused-ring (bicyclic) bond motifs is 7. The molecule has 13 rings (SSSR count). The zero-order valence-electron chi connectivity index (χ0n) is 38.4. The van der Waals surface area contributed by atoms with Crippen LogP contribution in [0.25, 0.3) is 71.6 Å². The van der Waals surface area contributed by atoms with Crippen LogP contribution in [0.4, 0.5) is 17.1 Å². The number of hydrogen-bond acceptors (Lipinski definition) is 1. The maximum Gasteiger partial charge on any atom is 0.0619 e. The van der Waals surface area contributed by atoms with Crippen LogP contribution in [0.1, 0.15) is 67.2 Å². The molecule has 68 heavy (non-hydrogen) atoms. The van der Waals surface area contributed by atoms with Gasteiger partial charge in [0.25, 0.3) is 0 Å². The first-order valence-corrected chi connectivity index (χ1v) is 24.5. The van der Waals surface area contributed by atoms with Gasteiger partial charge in [0.05, 0.1) is 22.4 Å². The topological polar surface area (TPSA) is 8.17 Å². The van der Waals surface area contributed by atoms with Crippen LogP contribution < -0.4 is 4.90 Å². The van der Waals surface area contributed by atoms with Crippen LogP contribution >= 0.6 is 0 Å². The number of hydrogen-bond donors (Lipinski definition) is 0. The second-order valence-electron chi connectivity index (χ2n) is 19.1. The Bertz CT molecular complexity index is 3660. The van der Waals surface area contributed by atoms with Crippen molar-refractivity contribution in [3.8, 4) is 39.1 Å². The van der Waals surface area contributed by atoms with E-state index in [1.807, 2.05) is 0 Å². The van der Waals surface area contributed by atoms with Crippen LogP contribution in [0.3, 0.4) is 0 Å². The van der Waals surface area contributed by atoms with E-state index in [4.69, 9.17) is 0 Å². The van der Waals surface area contributed by atoms with Gasteiger partial charge in [-0.25, -0.2) is 0 Å². The van der Waals surface area contributed by atoms with Crippen molar-refractivity contribution in [2.75, 3.05) is 4.90 Å². The lowest BCUT2D eigenvalue weighted by atomic mass is 9.74. The lowest BCUT2D eigenvalue weighted by molar-refractivity contribution is 0.445. The van der Waals surface area contributed by atoms with Crippen molar-refractivity contribution in [2.45, 2.75) is 50.4 Å². The first kappa shape index (κ1) is 40.3. The normalized spacial score (nSPS) is 15.7. The molecular formula is C66H52N2. The van der Waals surface area contributed by atoms with Gasteiger partial charge in [0.2, 0.25) is 0 Å². The summed E-state index contributed by atoms with van der Waals surface area (Å²) in [7, 11) is 0. The third-order valence-electron chi connectivity index (χ3n) is 15.5. The Morgan fingerprint density at radius 2 is 1.06 bits per heavy atom. The summed E-state index contributed by atoms with van der Waals surface area (Å²) in [6.07, 6.45) is 6.45. The molecular weight excluding hydrogens is 821 g/mol. The first-order chi connectivity index (χ1) is 33.7. The summed E-state index contributed by atoms with van der Waals surface area (Å²) in [6.45, 7) is 2.42. The maximum absolute atomic E-state index is 2.56.